The zero-order valence-electron chi connectivity index (χ0n) is 27.8. The molecule has 1 aromatic heterocycles. The van der Waals surface area contributed by atoms with E-state index in [-0.39, 0.29) is 12.3 Å². The van der Waals surface area contributed by atoms with E-state index in [1.54, 1.807) is 0 Å². The highest BCUT2D eigenvalue weighted by atomic mass is 16.3. The molecule has 4 nitrogen and oxygen atoms in total. The number of aliphatic imine (C=N–C) groups is 1. The van der Waals surface area contributed by atoms with Gasteiger partial charge < -0.3 is 9.73 Å². The van der Waals surface area contributed by atoms with Crippen molar-refractivity contribution in [2.75, 3.05) is 0 Å². The average Bonchev–Trinajstić information content (AvgIpc) is 3.59. The predicted octanol–water partition coefficient (Wildman–Crippen LogP) is 11.6. The molecular weight excluding hydrogens is 623 g/mol. The van der Waals surface area contributed by atoms with Crippen molar-refractivity contribution in [2.24, 2.45) is 4.99 Å². The van der Waals surface area contributed by atoms with E-state index in [4.69, 9.17) is 9.41 Å². The van der Waals surface area contributed by atoms with Gasteiger partial charge in [0.1, 0.15) is 29.3 Å². The summed E-state index contributed by atoms with van der Waals surface area (Å²) in [7, 11) is 0. The minimum atomic E-state index is -0.270. The molecule has 0 saturated heterocycles. The molecule has 0 spiro atoms. The third-order valence-corrected chi connectivity index (χ3v) is 10.1. The third kappa shape index (κ3) is 5.16. The molecule has 2 N–H and O–H groups in total. The molecule has 0 saturated carbocycles. The highest BCUT2D eigenvalue weighted by molar-refractivity contribution is 6.19. The van der Waals surface area contributed by atoms with E-state index in [9.17, 15) is 0 Å². The smallest absolute Gasteiger partial charge is 0.143 e. The fourth-order valence-corrected chi connectivity index (χ4v) is 7.64. The summed E-state index contributed by atoms with van der Waals surface area (Å²) in [6.45, 7) is 0. The lowest BCUT2D eigenvalue weighted by Gasteiger charge is -2.32. The maximum atomic E-state index is 6.76. The summed E-state index contributed by atoms with van der Waals surface area (Å²) in [5, 5.41) is 14.3. The van der Waals surface area contributed by atoms with Crippen molar-refractivity contribution in [3.63, 3.8) is 0 Å². The summed E-state index contributed by atoms with van der Waals surface area (Å²) >= 11 is 0. The molecule has 0 radical (unpaired) electrons. The molecular formula is C47H33N3O. The van der Waals surface area contributed by atoms with Gasteiger partial charge in [0.25, 0.3) is 0 Å². The highest BCUT2D eigenvalue weighted by Crippen LogP contribution is 2.42. The zero-order valence-corrected chi connectivity index (χ0v) is 27.8. The van der Waals surface area contributed by atoms with Gasteiger partial charge in [-0.05, 0) is 67.7 Å². The number of nitrogens with one attached hydrogen (secondary N) is 2. The molecule has 0 aliphatic carbocycles. The Morgan fingerprint density at radius 3 is 1.96 bits per heavy atom. The van der Waals surface area contributed by atoms with Crippen molar-refractivity contribution in [3.8, 4) is 22.3 Å². The first-order valence-corrected chi connectivity index (χ1v) is 17.4. The van der Waals surface area contributed by atoms with Crippen LogP contribution >= 0.6 is 0 Å². The summed E-state index contributed by atoms with van der Waals surface area (Å²) in [6.07, 6.45) is -0.375. The molecule has 0 amide bonds. The molecule has 1 aliphatic heterocycles. The Morgan fingerprint density at radius 1 is 0.451 bits per heavy atom. The van der Waals surface area contributed by atoms with Gasteiger partial charge in [0.2, 0.25) is 0 Å². The maximum absolute atomic E-state index is 6.76. The van der Waals surface area contributed by atoms with Crippen LogP contribution < -0.4 is 10.6 Å². The van der Waals surface area contributed by atoms with E-state index in [1.165, 1.54) is 38.4 Å². The Labute approximate surface area is 295 Å². The van der Waals surface area contributed by atoms with Gasteiger partial charge >= 0.3 is 0 Å². The van der Waals surface area contributed by atoms with Crippen molar-refractivity contribution in [2.45, 2.75) is 12.3 Å². The van der Waals surface area contributed by atoms with Crippen molar-refractivity contribution >= 4 is 49.3 Å². The monoisotopic (exact) mass is 655 g/mol. The van der Waals surface area contributed by atoms with Gasteiger partial charge in [-0.25, -0.2) is 4.99 Å². The molecule has 2 atom stereocenters. The Balaban J connectivity index is 1.10. The Morgan fingerprint density at radius 2 is 1.12 bits per heavy atom. The molecule has 2 heterocycles. The molecule has 0 bridgehead atoms. The number of rotatable bonds is 5. The van der Waals surface area contributed by atoms with Crippen molar-refractivity contribution in [3.05, 3.63) is 193 Å². The highest BCUT2D eigenvalue weighted by Gasteiger charge is 2.26. The molecule has 4 heteroatoms. The molecule has 1 aliphatic rings. The van der Waals surface area contributed by atoms with E-state index < -0.39 is 0 Å². The molecule has 51 heavy (non-hydrogen) atoms. The van der Waals surface area contributed by atoms with Gasteiger partial charge in [0.05, 0.1) is 0 Å². The van der Waals surface area contributed by atoms with E-state index in [0.29, 0.717) is 0 Å². The standard InChI is InChI=1S/C47H33N3O/c1-3-14-31(15-4-1)45-48-46(32-16-5-2-6-17-32)50-47(49-45)35-25-26-39-42-29-41(38-22-9-10-23-40(38)44(42)51-43(39)28-35)34-20-11-19-33(27-34)37-24-12-18-30-13-7-8-21-36(30)37/h1-29,45,47,49H,(H,48,50). The van der Waals surface area contributed by atoms with Crippen LogP contribution in [0.4, 0.5) is 0 Å². The second-order valence-electron chi connectivity index (χ2n) is 13.2. The molecule has 8 aromatic carbocycles. The first kappa shape index (κ1) is 29.4. The lowest BCUT2D eigenvalue weighted by atomic mass is 9.92. The van der Waals surface area contributed by atoms with Crippen LogP contribution in [0.1, 0.15) is 29.0 Å². The SMILES string of the molecule is c1ccc(C2=NC(c3ccc4c(c3)oc3c5ccccc5c(-c5cccc(-c6cccc7ccccc67)c5)cc43)NC(c3ccccc3)N2)cc1. The van der Waals surface area contributed by atoms with Crippen LogP contribution in [0.3, 0.4) is 0 Å². The lowest BCUT2D eigenvalue weighted by molar-refractivity contribution is 0.409. The van der Waals surface area contributed by atoms with E-state index in [2.05, 4.69) is 162 Å². The summed E-state index contributed by atoms with van der Waals surface area (Å²) < 4.78 is 6.76. The summed E-state index contributed by atoms with van der Waals surface area (Å²) in [4.78, 5) is 5.17. The zero-order chi connectivity index (χ0) is 33.7. The number of hydrogen-bond donors (Lipinski definition) is 2. The first-order valence-electron chi connectivity index (χ1n) is 17.4. The molecule has 2 unspecified atom stereocenters. The molecule has 0 fully saturated rings. The van der Waals surface area contributed by atoms with Crippen LogP contribution in [0.15, 0.2) is 185 Å². The van der Waals surface area contributed by atoms with Crippen LogP contribution in [-0.4, -0.2) is 5.84 Å². The number of furan rings is 1. The lowest BCUT2D eigenvalue weighted by Crippen LogP contribution is -2.44. The average molecular weight is 656 g/mol. The predicted molar refractivity (Wildman–Crippen MR) is 211 cm³/mol. The number of amidine groups is 1. The second kappa shape index (κ2) is 12.1. The van der Waals surface area contributed by atoms with Crippen LogP contribution in [0.5, 0.6) is 0 Å². The van der Waals surface area contributed by atoms with E-state index in [0.717, 1.165) is 49.9 Å². The molecule has 242 valence electrons. The van der Waals surface area contributed by atoms with Gasteiger partial charge in [-0.15, -0.1) is 0 Å². The number of benzene rings is 8. The third-order valence-electron chi connectivity index (χ3n) is 10.1. The Hall–Kier alpha value is -6.49. The van der Waals surface area contributed by atoms with Gasteiger partial charge in [0.15, 0.2) is 0 Å². The van der Waals surface area contributed by atoms with E-state index >= 15 is 0 Å². The van der Waals surface area contributed by atoms with Gasteiger partial charge in [0, 0.05) is 21.7 Å². The summed E-state index contributed by atoms with van der Waals surface area (Å²) in [5.74, 6) is 0.860. The van der Waals surface area contributed by atoms with Crippen molar-refractivity contribution in [1.29, 1.82) is 0 Å². The summed E-state index contributed by atoms with van der Waals surface area (Å²) in [5.41, 5.74) is 9.81. The van der Waals surface area contributed by atoms with Crippen LogP contribution in [0.25, 0.3) is 65.7 Å². The van der Waals surface area contributed by atoms with Gasteiger partial charge in [-0.2, -0.15) is 0 Å². The number of fused-ring (bicyclic) bond motifs is 6. The van der Waals surface area contributed by atoms with Gasteiger partial charge in [-0.1, -0.05) is 158 Å². The maximum Gasteiger partial charge on any atom is 0.143 e. The van der Waals surface area contributed by atoms with Crippen molar-refractivity contribution < 1.29 is 4.42 Å². The Bertz CT molecular complexity index is 2760. The molecule has 9 aromatic rings. The number of hydrogen-bond acceptors (Lipinski definition) is 4. The Kier molecular flexibility index (Phi) is 7.00. The largest absolute Gasteiger partial charge is 0.455 e. The fourth-order valence-electron chi connectivity index (χ4n) is 7.64. The van der Waals surface area contributed by atoms with Crippen LogP contribution in [0.2, 0.25) is 0 Å². The summed E-state index contributed by atoms with van der Waals surface area (Å²) in [6, 6.07) is 62.3. The second-order valence-corrected chi connectivity index (χ2v) is 13.2. The number of nitrogens with zero attached hydrogens (tertiary/aromatic N) is 1. The van der Waals surface area contributed by atoms with Crippen LogP contribution in [0, 0.1) is 0 Å². The quantitative estimate of drug-likeness (QED) is 0.194. The van der Waals surface area contributed by atoms with Gasteiger partial charge in [-0.3, -0.25) is 5.32 Å². The minimum Gasteiger partial charge on any atom is -0.455 e. The topological polar surface area (TPSA) is 49.6 Å². The normalized spacial score (nSPS) is 16.0. The van der Waals surface area contributed by atoms with E-state index in [1.807, 2.05) is 24.3 Å². The first-order chi connectivity index (χ1) is 25.3. The van der Waals surface area contributed by atoms with Crippen molar-refractivity contribution in [1.82, 2.24) is 10.6 Å². The van der Waals surface area contributed by atoms with Crippen LogP contribution in [-0.2, 0) is 0 Å². The molecule has 10 rings (SSSR count). The minimum absolute atomic E-state index is 0.105. The fraction of sp³-hybridized carbons (Fsp3) is 0.0426.